The van der Waals surface area contributed by atoms with E-state index in [0.29, 0.717) is 5.88 Å². The summed E-state index contributed by atoms with van der Waals surface area (Å²) < 4.78 is 18.9. The minimum absolute atomic E-state index is 0.201. The van der Waals surface area contributed by atoms with Gasteiger partial charge in [-0.3, -0.25) is 0 Å². The maximum Gasteiger partial charge on any atom is 0.213 e. The molecule has 1 aromatic carbocycles. The first kappa shape index (κ1) is 12.1. The molecule has 1 aliphatic heterocycles. The van der Waals surface area contributed by atoms with E-state index in [2.05, 4.69) is 10.3 Å². The summed E-state index contributed by atoms with van der Waals surface area (Å²) in [7, 11) is 0. The van der Waals surface area contributed by atoms with Gasteiger partial charge in [0.2, 0.25) is 5.88 Å². The summed E-state index contributed by atoms with van der Waals surface area (Å²) in [6.45, 7) is 1.86. The summed E-state index contributed by atoms with van der Waals surface area (Å²) in [4.78, 5) is 4.28. The zero-order chi connectivity index (χ0) is 13.1. The first-order chi connectivity index (χ1) is 9.31. The number of nitrogens with zero attached hydrogens (tertiary/aromatic N) is 1. The smallest absolute Gasteiger partial charge is 0.213 e. The van der Waals surface area contributed by atoms with Gasteiger partial charge in [-0.25, -0.2) is 9.37 Å². The molecule has 0 amide bonds. The van der Waals surface area contributed by atoms with Crippen molar-refractivity contribution in [1.29, 1.82) is 0 Å². The molecule has 0 spiro atoms. The van der Waals surface area contributed by atoms with Crippen LogP contribution in [0.15, 0.2) is 42.6 Å². The lowest BCUT2D eigenvalue weighted by atomic mass is 10.1. The van der Waals surface area contributed by atoms with Crippen LogP contribution in [0.5, 0.6) is 5.88 Å². The van der Waals surface area contributed by atoms with Crippen LogP contribution in [-0.4, -0.2) is 24.2 Å². The molecule has 1 atom stereocenters. The highest BCUT2D eigenvalue weighted by Gasteiger charge is 2.16. The minimum atomic E-state index is -0.241. The van der Waals surface area contributed by atoms with Gasteiger partial charge >= 0.3 is 0 Å². The van der Waals surface area contributed by atoms with E-state index in [9.17, 15) is 4.39 Å². The first-order valence-electron chi connectivity index (χ1n) is 6.40. The molecule has 19 heavy (non-hydrogen) atoms. The molecule has 98 valence electrons. The van der Waals surface area contributed by atoms with Crippen molar-refractivity contribution in [3.8, 4) is 17.0 Å². The number of pyridine rings is 1. The van der Waals surface area contributed by atoms with Gasteiger partial charge in [0.05, 0.1) is 0 Å². The van der Waals surface area contributed by atoms with Gasteiger partial charge in [-0.2, -0.15) is 0 Å². The third-order valence-corrected chi connectivity index (χ3v) is 3.20. The van der Waals surface area contributed by atoms with Crippen molar-refractivity contribution < 1.29 is 9.13 Å². The monoisotopic (exact) mass is 258 g/mol. The van der Waals surface area contributed by atoms with Crippen molar-refractivity contribution in [3.05, 3.63) is 48.4 Å². The van der Waals surface area contributed by atoms with Crippen molar-refractivity contribution in [2.24, 2.45) is 0 Å². The molecule has 0 saturated carbocycles. The normalized spacial score (nSPS) is 18.5. The fraction of sp³-hybridized carbons (Fsp3) is 0.267. The maximum absolute atomic E-state index is 13.2. The van der Waals surface area contributed by atoms with E-state index in [4.69, 9.17) is 4.74 Å². The van der Waals surface area contributed by atoms with Crippen LogP contribution in [-0.2, 0) is 0 Å². The number of aromatic nitrogens is 1. The Morgan fingerprint density at radius 1 is 1.21 bits per heavy atom. The molecule has 0 aliphatic carbocycles. The zero-order valence-corrected chi connectivity index (χ0v) is 10.5. The quantitative estimate of drug-likeness (QED) is 0.919. The summed E-state index contributed by atoms with van der Waals surface area (Å²) in [5, 5.41) is 3.24. The van der Waals surface area contributed by atoms with Crippen LogP contribution in [0.4, 0.5) is 4.39 Å². The van der Waals surface area contributed by atoms with E-state index in [1.54, 1.807) is 12.3 Å². The van der Waals surface area contributed by atoms with Crippen LogP contribution < -0.4 is 10.1 Å². The minimum Gasteiger partial charge on any atom is -0.473 e. The zero-order valence-electron chi connectivity index (χ0n) is 10.5. The first-order valence-corrected chi connectivity index (χ1v) is 6.40. The number of hydrogen-bond donors (Lipinski definition) is 1. The summed E-state index contributed by atoms with van der Waals surface area (Å²) in [5.74, 6) is 0.378. The summed E-state index contributed by atoms with van der Waals surface area (Å²) in [5.41, 5.74) is 1.71. The van der Waals surface area contributed by atoms with Crippen molar-refractivity contribution in [2.75, 3.05) is 13.1 Å². The van der Waals surface area contributed by atoms with Gasteiger partial charge in [-0.05, 0) is 36.7 Å². The number of hydrogen-bond acceptors (Lipinski definition) is 3. The molecule has 1 aliphatic rings. The highest BCUT2D eigenvalue weighted by molar-refractivity contribution is 5.62. The van der Waals surface area contributed by atoms with E-state index in [1.165, 1.54) is 12.1 Å². The number of ether oxygens (including phenoxy) is 1. The predicted molar refractivity (Wildman–Crippen MR) is 71.5 cm³/mol. The highest BCUT2D eigenvalue weighted by atomic mass is 19.1. The molecule has 0 bridgehead atoms. The molecule has 3 nitrogen and oxygen atoms in total. The topological polar surface area (TPSA) is 34.1 Å². The summed E-state index contributed by atoms with van der Waals surface area (Å²) >= 11 is 0. The number of benzene rings is 1. The lowest BCUT2D eigenvalue weighted by Gasteiger charge is -2.11. The van der Waals surface area contributed by atoms with Crippen LogP contribution in [0.25, 0.3) is 11.1 Å². The Bertz CT molecular complexity index is 550. The molecule has 3 rings (SSSR count). The average molecular weight is 258 g/mol. The maximum atomic E-state index is 13.2. The molecular formula is C15H15FN2O. The van der Waals surface area contributed by atoms with Crippen molar-refractivity contribution in [3.63, 3.8) is 0 Å². The molecule has 1 aromatic heterocycles. The predicted octanol–water partition coefficient (Wildman–Crippen LogP) is 2.63. The summed E-state index contributed by atoms with van der Waals surface area (Å²) in [6.07, 6.45) is 2.92. The highest BCUT2D eigenvalue weighted by Crippen LogP contribution is 2.21. The van der Waals surface area contributed by atoms with Crippen molar-refractivity contribution in [1.82, 2.24) is 10.3 Å². The Morgan fingerprint density at radius 2 is 2.16 bits per heavy atom. The van der Waals surface area contributed by atoms with Gasteiger partial charge in [0, 0.05) is 24.4 Å². The largest absolute Gasteiger partial charge is 0.473 e. The SMILES string of the molecule is Fc1cccc(-c2ccc(OC3CCNC3)nc2)c1. The van der Waals surface area contributed by atoms with E-state index < -0.39 is 0 Å². The Hall–Kier alpha value is -1.94. The molecule has 2 heterocycles. The van der Waals surface area contributed by atoms with Gasteiger partial charge in [0.25, 0.3) is 0 Å². The van der Waals surface area contributed by atoms with E-state index >= 15 is 0 Å². The standard InChI is InChI=1S/C15H15FN2O/c16-13-3-1-2-11(8-13)12-4-5-15(18-9-12)19-14-6-7-17-10-14/h1-5,8-9,14,17H,6-7,10H2. The Balaban J connectivity index is 1.74. The van der Waals surface area contributed by atoms with Crippen LogP contribution in [0.1, 0.15) is 6.42 Å². The van der Waals surface area contributed by atoms with Gasteiger partial charge in [-0.1, -0.05) is 12.1 Å². The second-order valence-electron chi connectivity index (χ2n) is 4.63. The molecule has 1 fully saturated rings. The Kier molecular flexibility index (Phi) is 3.42. The van der Waals surface area contributed by atoms with Crippen molar-refractivity contribution in [2.45, 2.75) is 12.5 Å². The number of rotatable bonds is 3. The molecule has 1 N–H and O–H groups in total. The van der Waals surface area contributed by atoms with Gasteiger partial charge in [0.1, 0.15) is 11.9 Å². The molecule has 2 aromatic rings. The molecule has 1 unspecified atom stereocenters. The van der Waals surface area contributed by atoms with Crippen LogP contribution in [0.3, 0.4) is 0 Å². The Labute approximate surface area is 111 Å². The van der Waals surface area contributed by atoms with Gasteiger partial charge < -0.3 is 10.1 Å². The average Bonchev–Trinajstić information content (AvgIpc) is 2.92. The van der Waals surface area contributed by atoms with E-state index in [-0.39, 0.29) is 11.9 Å². The second-order valence-corrected chi connectivity index (χ2v) is 4.63. The third kappa shape index (κ3) is 2.90. The van der Waals surface area contributed by atoms with Gasteiger partial charge in [0.15, 0.2) is 0 Å². The molecule has 4 heteroatoms. The van der Waals surface area contributed by atoms with Crippen LogP contribution >= 0.6 is 0 Å². The van der Waals surface area contributed by atoms with Crippen molar-refractivity contribution >= 4 is 0 Å². The van der Waals surface area contributed by atoms with E-state index in [1.807, 2.05) is 18.2 Å². The lowest BCUT2D eigenvalue weighted by Crippen LogP contribution is -2.19. The van der Waals surface area contributed by atoms with E-state index in [0.717, 1.165) is 30.6 Å². The van der Waals surface area contributed by atoms with Crippen LogP contribution in [0, 0.1) is 5.82 Å². The third-order valence-electron chi connectivity index (χ3n) is 3.20. The Morgan fingerprint density at radius 3 is 2.84 bits per heavy atom. The van der Waals surface area contributed by atoms with Gasteiger partial charge in [-0.15, -0.1) is 0 Å². The molecular weight excluding hydrogens is 243 g/mol. The fourth-order valence-electron chi connectivity index (χ4n) is 2.19. The number of nitrogens with one attached hydrogen (secondary N) is 1. The lowest BCUT2D eigenvalue weighted by molar-refractivity contribution is 0.214. The van der Waals surface area contributed by atoms with Crippen LogP contribution in [0.2, 0.25) is 0 Å². The fourth-order valence-corrected chi connectivity index (χ4v) is 2.19. The second kappa shape index (κ2) is 5.36. The molecule has 1 saturated heterocycles. The molecule has 0 radical (unpaired) electrons. The number of halogens is 1. The summed E-state index contributed by atoms with van der Waals surface area (Å²) in [6, 6.07) is 10.2.